The van der Waals surface area contributed by atoms with Crippen LogP contribution in [0.5, 0.6) is 0 Å². The minimum absolute atomic E-state index is 0.0495. The Balaban J connectivity index is 2.65. The average Bonchev–Trinajstić information content (AvgIpc) is 2.45. The van der Waals surface area contributed by atoms with Crippen LogP contribution in [0.4, 0.5) is 0 Å². The van der Waals surface area contributed by atoms with Crippen LogP contribution in [0.15, 0.2) is 47.4 Å². The molecular weight excluding hydrogens is 296 g/mol. The lowest BCUT2D eigenvalue weighted by atomic mass is 10.1. The summed E-state index contributed by atoms with van der Waals surface area (Å²) in [4.78, 5) is 9.13. The second-order valence-electron chi connectivity index (χ2n) is 4.42. The standard InChI is InChI=1S/C13H14N2O3S2/c14-12(16)13(15,8-19)20(17,18)11-6-5-9-3-1-2-4-10(9)7-11/h1-7,19H,8,15H2,(H2,14,16)/t13-/m1/s1. The van der Waals surface area contributed by atoms with Crippen LogP contribution in [-0.4, -0.2) is 24.9 Å². The van der Waals surface area contributed by atoms with Crippen LogP contribution in [0.2, 0.25) is 0 Å². The van der Waals surface area contributed by atoms with Gasteiger partial charge in [0.15, 0.2) is 0 Å². The molecule has 0 heterocycles. The van der Waals surface area contributed by atoms with Crippen molar-refractivity contribution in [3.05, 3.63) is 42.5 Å². The second-order valence-corrected chi connectivity index (χ2v) is 6.95. The van der Waals surface area contributed by atoms with Crippen molar-refractivity contribution < 1.29 is 13.2 Å². The number of amides is 1. The zero-order chi connectivity index (χ0) is 15.0. The molecule has 5 nitrogen and oxygen atoms in total. The summed E-state index contributed by atoms with van der Waals surface area (Å²) in [5.41, 5.74) is 10.8. The lowest BCUT2D eigenvalue weighted by Crippen LogP contribution is -2.59. The summed E-state index contributed by atoms with van der Waals surface area (Å²) < 4.78 is 25.0. The topological polar surface area (TPSA) is 103 Å². The van der Waals surface area contributed by atoms with E-state index >= 15 is 0 Å². The van der Waals surface area contributed by atoms with E-state index in [4.69, 9.17) is 11.5 Å². The molecule has 0 unspecified atom stereocenters. The molecule has 0 saturated carbocycles. The Bertz CT molecular complexity index is 774. The molecule has 0 fully saturated rings. The normalized spacial score (nSPS) is 14.9. The maximum atomic E-state index is 12.5. The van der Waals surface area contributed by atoms with Gasteiger partial charge in [-0.05, 0) is 22.9 Å². The number of carbonyl (C=O) groups excluding carboxylic acids is 1. The molecule has 0 bridgehead atoms. The largest absolute Gasteiger partial charge is 0.367 e. The Morgan fingerprint density at radius 3 is 2.30 bits per heavy atom. The zero-order valence-corrected chi connectivity index (χ0v) is 12.2. The molecule has 0 saturated heterocycles. The Labute approximate surface area is 122 Å². The molecule has 0 spiro atoms. The minimum Gasteiger partial charge on any atom is -0.367 e. The SMILES string of the molecule is NC(=O)[C@@](N)(CS)S(=O)(=O)c1ccc2ccccc2c1. The highest BCUT2D eigenvalue weighted by molar-refractivity contribution is 7.94. The molecule has 4 N–H and O–H groups in total. The third-order valence-corrected chi connectivity index (χ3v) is 6.05. The fourth-order valence-corrected chi connectivity index (χ4v) is 3.89. The van der Waals surface area contributed by atoms with E-state index in [2.05, 4.69) is 12.6 Å². The Morgan fingerprint density at radius 2 is 1.75 bits per heavy atom. The zero-order valence-electron chi connectivity index (χ0n) is 10.5. The summed E-state index contributed by atoms with van der Waals surface area (Å²) in [6.45, 7) is 0. The van der Waals surface area contributed by atoms with E-state index in [-0.39, 0.29) is 4.90 Å². The Morgan fingerprint density at radius 1 is 1.15 bits per heavy atom. The van der Waals surface area contributed by atoms with E-state index in [1.54, 1.807) is 18.2 Å². The predicted octanol–water partition coefficient (Wildman–Crippen LogP) is 0.684. The van der Waals surface area contributed by atoms with Gasteiger partial charge in [-0.15, -0.1) is 0 Å². The molecule has 2 rings (SSSR count). The molecule has 1 atom stereocenters. The molecule has 0 aliphatic carbocycles. The molecule has 0 radical (unpaired) electrons. The maximum absolute atomic E-state index is 12.5. The summed E-state index contributed by atoms with van der Waals surface area (Å²) in [5.74, 6) is -1.52. The first-order chi connectivity index (χ1) is 9.33. The number of fused-ring (bicyclic) bond motifs is 1. The number of primary amides is 1. The highest BCUT2D eigenvalue weighted by atomic mass is 32.2. The lowest BCUT2D eigenvalue weighted by Gasteiger charge is -2.23. The van der Waals surface area contributed by atoms with Crippen molar-refractivity contribution in [2.75, 3.05) is 5.75 Å². The molecule has 0 aromatic heterocycles. The fourth-order valence-electron chi connectivity index (χ4n) is 1.84. The number of benzene rings is 2. The van der Waals surface area contributed by atoms with Crippen molar-refractivity contribution in [1.29, 1.82) is 0 Å². The number of thiol groups is 1. The smallest absolute Gasteiger partial charge is 0.254 e. The van der Waals surface area contributed by atoms with Gasteiger partial charge in [0.25, 0.3) is 5.91 Å². The number of carbonyl (C=O) groups is 1. The van der Waals surface area contributed by atoms with Gasteiger partial charge in [0.05, 0.1) is 4.90 Å². The molecule has 2 aromatic rings. The molecule has 1 amide bonds. The molecule has 7 heteroatoms. The fraction of sp³-hybridized carbons (Fsp3) is 0.154. The van der Waals surface area contributed by atoms with Gasteiger partial charge in [0.2, 0.25) is 14.7 Å². The van der Waals surface area contributed by atoms with Gasteiger partial charge < -0.3 is 11.5 Å². The summed E-state index contributed by atoms with van der Waals surface area (Å²) >= 11 is 3.85. The summed E-state index contributed by atoms with van der Waals surface area (Å²) in [7, 11) is -4.11. The minimum atomic E-state index is -4.11. The lowest BCUT2D eigenvalue weighted by molar-refractivity contribution is -0.119. The van der Waals surface area contributed by atoms with E-state index in [0.717, 1.165) is 10.8 Å². The van der Waals surface area contributed by atoms with Gasteiger partial charge in [0.1, 0.15) is 0 Å². The van der Waals surface area contributed by atoms with Gasteiger partial charge in [-0.1, -0.05) is 30.3 Å². The van der Waals surface area contributed by atoms with Gasteiger partial charge in [-0.2, -0.15) is 12.6 Å². The monoisotopic (exact) mass is 310 g/mol. The highest BCUT2D eigenvalue weighted by Gasteiger charge is 2.45. The average molecular weight is 310 g/mol. The second kappa shape index (κ2) is 5.08. The van der Waals surface area contributed by atoms with Crippen LogP contribution in [-0.2, 0) is 14.6 Å². The summed E-state index contributed by atoms with van der Waals surface area (Å²) in [6, 6.07) is 11.8. The van der Waals surface area contributed by atoms with E-state index in [1.807, 2.05) is 12.1 Å². The van der Waals surface area contributed by atoms with Crippen LogP contribution in [0.1, 0.15) is 0 Å². The predicted molar refractivity (Wildman–Crippen MR) is 81.1 cm³/mol. The van der Waals surface area contributed by atoms with Crippen molar-refractivity contribution >= 4 is 39.1 Å². The summed E-state index contributed by atoms with van der Waals surface area (Å²) in [5, 5.41) is 1.62. The molecule has 2 aromatic carbocycles. The molecular formula is C13H14N2O3S2. The van der Waals surface area contributed by atoms with Crippen LogP contribution in [0.25, 0.3) is 10.8 Å². The number of nitrogens with two attached hydrogens (primary N) is 2. The van der Waals surface area contributed by atoms with Crippen LogP contribution in [0, 0.1) is 0 Å². The molecule has 0 aliphatic heterocycles. The van der Waals surface area contributed by atoms with Crippen molar-refractivity contribution in [3.8, 4) is 0 Å². The Kier molecular flexibility index (Phi) is 3.77. The van der Waals surface area contributed by atoms with E-state index in [1.165, 1.54) is 12.1 Å². The van der Waals surface area contributed by atoms with E-state index in [9.17, 15) is 13.2 Å². The first kappa shape index (κ1) is 14.8. The van der Waals surface area contributed by atoms with E-state index in [0.29, 0.717) is 0 Å². The molecule has 0 aliphatic rings. The first-order valence-electron chi connectivity index (χ1n) is 5.76. The number of hydrogen-bond acceptors (Lipinski definition) is 5. The molecule has 20 heavy (non-hydrogen) atoms. The van der Waals surface area contributed by atoms with E-state index < -0.39 is 26.4 Å². The van der Waals surface area contributed by atoms with Crippen LogP contribution in [0.3, 0.4) is 0 Å². The third kappa shape index (κ3) is 2.17. The van der Waals surface area contributed by atoms with Crippen molar-refractivity contribution in [2.45, 2.75) is 9.77 Å². The third-order valence-electron chi connectivity index (χ3n) is 3.16. The van der Waals surface area contributed by atoms with Gasteiger partial charge in [-0.3, -0.25) is 4.79 Å². The van der Waals surface area contributed by atoms with Gasteiger partial charge >= 0.3 is 0 Å². The van der Waals surface area contributed by atoms with Gasteiger partial charge in [-0.25, -0.2) is 8.42 Å². The first-order valence-corrected chi connectivity index (χ1v) is 7.87. The van der Waals surface area contributed by atoms with Crippen molar-refractivity contribution in [3.63, 3.8) is 0 Å². The van der Waals surface area contributed by atoms with Crippen LogP contribution < -0.4 is 11.5 Å². The number of sulfone groups is 1. The maximum Gasteiger partial charge on any atom is 0.254 e. The van der Waals surface area contributed by atoms with Crippen molar-refractivity contribution in [1.82, 2.24) is 0 Å². The van der Waals surface area contributed by atoms with Crippen LogP contribution >= 0.6 is 12.6 Å². The summed E-state index contributed by atoms with van der Waals surface area (Å²) in [6.07, 6.45) is 0. The number of rotatable bonds is 4. The Hall–Kier alpha value is -1.57. The quantitative estimate of drug-likeness (QED) is 0.723. The highest BCUT2D eigenvalue weighted by Crippen LogP contribution is 2.26. The number of hydrogen-bond donors (Lipinski definition) is 3. The van der Waals surface area contributed by atoms with Gasteiger partial charge in [0, 0.05) is 5.75 Å². The molecule has 106 valence electrons. The van der Waals surface area contributed by atoms with Crippen molar-refractivity contribution in [2.24, 2.45) is 11.5 Å².